The number of sulfonamides is 1. The van der Waals surface area contributed by atoms with E-state index in [-0.39, 0.29) is 23.9 Å². The Hall–Kier alpha value is -1.77. The molecule has 2 aromatic rings. The van der Waals surface area contributed by atoms with Gasteiger partial charge in [-0.25, -0.2) is 17.5 Å². The number of hydrogen-bond donors (Lipinski definition) is 3. The van der Waals surface area contributed by atoms with Gasteiger partial charge in [-0.1, -0.05) is 12.1 Å². The van der Waals surface area contributed by atoms with Gasteiger partial charge in [-0.2, -0.15) is 5.10 Å². The highest BCUT2D eigenvalue weighted by Gasteiger charge is 2.22. The minimum Gasteiger partial charge on any atom is -0.326 e. The van der Waals surface area contributed by atoms with Crippen LogP contribution < -0.4 is 10.5 Å². The second-order valence-corrected chi connectivity index (χ2v) is 6.30. The van der Waals surface area contributed by atoms with E-state index >= 15 is 0 Å². The molecular formula is C13H17FN4O2S. The van der Waals surface area contributed by atoms with Gasteiger partial charge in [-0.3, -0.25) is 5.10 Å². The fraction of sp³-hybridized carbons (Fsp3) is 0.308. The molecule has 0 aliphatic heterocycles. The summed E-state index contributed by atoms with van der Waals surface area (Å²) in [5.41, 5.74) is 7.35. The van der Waals surface area contributed by atoms with E-state index in [1.807, 2.05) is 0 Å². The average Bonchev–Trinajstić information content (AvgIpc) is 2.80. The molecule has 6 nitrogen and oxygen atoms in total. The highest BCUT2D eigenvalue weighted by Crippen LogP contribution is 2.15. The minimum absolute atomic E-state index is 0.0817. The molecule has 4 N–H and O–H groups in total. The van der Waals surface area contributed by atoms with Crippen molar-refractivity contribution >= 4 is 10.0 Å². The predicted molar refractivity (Wildman–Crippen MR) is 76.5 cm³/mol. The van der Waals surface area contributed by atoms with Crippen LogP contribution in [0.4, 0.5) is 4.39 Å². The van der Waals surface area contributed by atoms with Gasteiger partial charge < -0.3 is 5.73 Å². The summed E-state index contributed by atoms with van der Waals surface area (Å²) in [6, 6.07) is 6.04. The summed E-state index contributed by atoms with van der Waals surface area (Å²) in [7, 11) is -3.73. The maximum Gasteiger partial charge on any atom is 0.260 e. The van der Waals surface area contributed by atoms with Gasteiger partial charge in [-0.05, 0) is 31.0 Å². The van der Waals surface area contributed by atoms with E-state index < -0.39 is 10.0 Å². The molecule has 1 aromatic heterocycles. The molecule has 0 aliphatic rings. The Labute approximate surface area is 122 Å². The van der Waals surface area contributed by atoms with Crippen molar-refractivity contribution in [1.29, 1.82) is 0 Å². The van der Waals surface area contributed by atoms with Crippen LogP contribution in [0.5, 0.6) is 0 Å². The van der Waals surface area contributed by atoms with E-state index in [2.05, 4.69) is 14.9 Å². The first-order chi connectivity index (χ1) is 9.94. The van der Waals surface area contributed by atoms with E-state index in [9.17, 15) is 12.8 Å². The van der Waals surface area contributed by atoms with Crippen molar-refractivity contribution in [2.75, 3.05) is 6.54 Å². The lowest BCUT2D eigenvalue weighted by molar-refractivity contribution is 0.575. The molecular weight excluding hydrogens is 295 g/mol. The van der Waals surface area contributed by atoms with Gasteiger partial charge >= 0.3 is 0 Å². The molecule has 0 unspecified atom stereocenters. The number of halogens is 1. The van der Waals surface area contributed by atoms with Crippen molar-refractivity contribution in [3.63, 3.8) is 0 Å². The van der Waals surface area contributed by atoms with Crippen LogP contribution >= 0.6 is 0 Å². The van der Waals surface area contributed by atoms with E-state index in [1.165, 1.54) is 12.1 Å². The summed E-state index contributed by atoms with van der Waals surface area (Å²) in [4.78, 5) is 0. The molecule has 0 spiro atoms. The summed E-state index contributed by atoms with van der Waals surface area (Å²) in [6.45, 7) is 1.95. The fourth-order valence-corrected chi connectivity index (χ4v) is 3.22. The summed E-state index contributed by atoms with van der Waals surface area (Å²) < 4.78 is 39.8. The molecule has 0 fully saturated rings. The molecule has 114 valence electrons. The van der Waals surface area contributed by atoms with Crippen LogP contribution in [0.2, 0.25) is 0 Å². The van der Waals surface area contributed by atoms with Gasteiger partial charge in [0.15, 0.2) is 5.03 Å². The van der Waals surface area contributed by atoms with Crippen molar-refractivity contribution in [3.05, 3.63) is 46.9 Å². The summed E-state index contributed by atoms with van der Waals surface area (Å²) >= 11 is 0. The number of aromatic nitrogens is 2. The van der Waals surface area contributed by atoms with E-state index in [1.54, 1.807) is 19.1 Å². The maximum atomic E-state index is 13.0. The summed E-state index contributed by atoms with van der Waals surface area (Å²) in [5, 5.41) is 6.31. The van der Waals surface area contributed by atoms with Crippen molar-refractivity contribution in [3.8, 4) is 0 Å². The zero-order valence-electron chi connectivity index (χ0n) is 11.6. The van der Waals surface area contributed by atoms with Crippen LogP contribution in [0.25, 0.3) is 0 Å². The van der Waals surface area contributed by atoms with Gasteiger partial charge in [-0.15, -0.1) is 0 Å². The summed E-state index contributed by atoms with van der Waals surface area (Å²) in [6.07, 6.45) is 0.387. The Morgan fingerprint density at radius 3 is 2.86 bits per heavy atom. The molecule has 0 bridgehead atoms. The second kappa shape index (κ2) is 6.33. The number of nitrogens with zero attached hydrogens (tertiary/aromatic N) is 1. The van der Waals surface area contributed by atoms with Gasteiger partial charge in [0.25, 0.3) is 10.0 Å². The van der Waals surface area contributed by atoms with Crippen LogP contribution in [0.1, 0.15) is 16.8 Å². The maximum absolute atomic E-state index is 13.0. The fourth-order valence-electron chi connectivity index (χ4n) is 1.98. The zero-order valence-corrected chi connectivity index (χ0v) is 12.4. The lowest BCUT2D eigenvalue weighted by Gasteiger charge is -2.06. The third-order valence-corrected chi connectivity index (χ3v) is 4.52. The number of nitrogens with one attached hydrogen (secondary N) is 2. The highest BCUT2D eigenvalue weighted by atomic mass is 32.2. The number of aromatic amines is 1. The second-order valence-electron chi connectivity index (χ2n) is 4.61. The number of hydrogen-bond acceptors (Lipinski definition) is 4. The monoisotopic (exact) mass is 312 g/mol. The first-order valence-electron chi connectivity index (χ1n) is 6.42. The predicted octanol–water partition coefficient (Wildman–Crippen LogP) is 0.837. The molecule has 0 aliphatic carbocycles. The number of nitrogens with two attached hydrogens (primary N) is 1. The van der Waals surface area contributed by atoms with Gasteiger partial charge in [0.2, 0.25) is 0 Å². The van der Waals surface area contributed by atoms with Crippen LogP contribution in [-0.2, 0) is 23.0 Å². The number of rotatable bonds is 6. The van der Waals surface area contributed by atoms with Crippen molar-refractivity contribution in [1.82, 2.24) is 14.9 Å². The molecule has 0 saturated heterocycles. The quantitative estimate of drug-likeness (QED) is 0.735. The number of H-pyrrole nitrogens is 1. The first-order valence-corrected chi connectivity index (χ1v) is 7.90. The Kier molecular flexibility index (Phi) is 4.71. The SMILES string of the molecule is Cc1[nH]nc(S(=O)(=O)NCCc2cccc(F)c2)c1CN. The standard InChI is InChI=1S/C13H17FN4O2S/c1-9-12(8-15)13(18-17-9)21(19,20)16-6-5-10-3-2-4-11(14)7-10/h2-4,7,16H,5-6,8,15H2,1H3,(H,17,18). The normalized spacial score (nSPS) is 11.8. The van der Waals surface area contributed by atoms with Crippen LogP contribution in [-0.4, -0.2) is 25.2 Å². The van der Waals surface area contributed by atoms with Crippen molar-refractivity contribution in [2.24, 2.45) is 5.73 Å². The lowest BCUT2D eigenvalue weighted by Crippen LogP contribution is -2.27. The minimum atomic E-state index is -3.73. The Balaban J connectivity index is 2.05. The molecule has 0 saturated carbocycles. The first kappa shape index (κ1) is 15.6. The van der Waals surface area contributed by atoms with Crippen LogP contribution in [0.3, 0.4) is 0 Å². The molecule has 2 rings (SSSR count). The number of aryl methyl sites for hydroxylation is 1. The Morgan fingerprint density at radius 2 is 2.19 bits per heavy atom. The van der Waals surface area contributed by atoms with Gasteiger partial charge in [0.1, 0.15) is 5.82 Å². The van der Waals surface area contributed by atoms with Crippen molar-refractivity contribution in [2.45, 2.75) is 24.9 Å². The third-order valence-electron chi connectivity index (χ3n) is 3.09. The third kappa shape index (κ3) is 3.66. The molecule has 8 heteroatoms. The average molecular weight is 312 g/mol. The largest absolute Gasteiger partial charge is 0.326 e. The van der Waals surface area contributed by atoms with Crippen LogP contribution in [0, 0.1) is 12.7 Å². The van der Waals surface area contributed by atoms with E-state index in [0.29, 0.717) is 17.7 Å². The highest BCUT2D eigenvalue weighted by molar-refractivity contribution is 7.89. The summed E-state index contributed by atoms with van der Waals surface area (Å²) in [5.74, 6) is -0.344. The topological polar surface area (TPSA) is 101 Å². The molecule has 0 radical (unpaired) electrons. The van der Waals surface area contributed by atoms with E-state index in [0.717, 1.165) is 5.56 Å². The molecule has 21 heavy (non-hydrogen) atoms. The molecule has 0 amide bonds. The number of benzene rings is 1. The van der Waals surface area contributed by atoms with Crippen molar-refractivity contribution < 1.29 is 12.8 Å². The lowest BCUT2D eigenvalue weighted by atomic mass is 10.1. The zero-order chi connectivity index (χ0) is 15.5. The molecule has 1 aromatic carbocycles. The van der Waals surface area contributed by atoms with Crippen LogP contribution in [0.15, 0.2) is 29.3 Å². The molecule has 0 atom stereocenters. The van der Waals surface area contributed by atoms with Gasteiger partial charge in [0.05, 0.1) is 0 Å². The molecule has 1 heterocycles. The smallest absolute Gasteiger partial charge is 0.260 e. The Bertz CT molecular complexity index is 728. The Morgan fingerprint density at radius 1 is 1.43 bits per heavy atom. The van der Waals surface area contributed by atoms with E-state index in [4.69, 9.17) is 5.73 Å². The van der Waals surface area contributed by atoms with Gasteiger partial charge in [0, 0.05) is 24.3 Å².